The Bertz CT molecular complexity index is 835. The second kappa shape index (κ2) is 5.59. The van der Waals surface area contributed by atoms with Crippen LogP contribution in [0, 0.1) is 0 Å². The van der Waals surface area contributed by atoms with E-state index in [0.29, 0.717) is 25.2 Å². The summed E-state index contributed by atoms with van der Waals surface area (Å²) >= 11 is 0. The number of fused-ring (bicyclic) bond motifs is 1. The largest absolute Gasteiger partial charge is 0.335 e. The Labute approximate surface area is 138 Å². The van der Waals surface area contributed by atoms with Crippen molar-refractivity contribution >= 4 is 28.7 Å². The molecule has 7 heteroatoms. The molecule has 0 saturated carbocycles. The number of carbonyl (C=O) groups is 3. The van der Waals surface area contributed by atoms with Crippen molar-refractivity contribution in [1.82, 2.24) is 20.1 Å². The van der Waals surface area contributed by atoms with Gasteiger partial charge in [-0.05, 0) is 18.6 Å². The number of benzene rings is 1. The molecular formula is C17H16N4O3. The Morgan fingerprint density at radius 3 is 2.79 bits per heavy atom. The van der Waals surface area contributed by atoms with Gasteiger partial charge in [-0.2, -0.15) is 0 Å². The number of likely N-dealkylation sites (tertiary alicyclic amines) is 1. The highest BCUT2D eigenvalue weighted by atomic mass is 16.2. The predicted molar refractivity (Wildman–Crippen MR) is 86.3 cm³/mol. The van der Waals surface area contributed by atoms with Gasteiger partial charge in [-0.3, -0.25) is 14.5 Å². The molecule has 122 valence electrons. The zero-order valence-electron chi connectivity index (χ0n) is 12.9. The molecule has 24 heavy (non-hydrogen) atoms. The SMILES string of the molecule is O=C(c1ccc2ccccc2n1)N1CCC(N2C(=O)CNC2=O)C1. The number of aromatic nitrogens is 1. The molecule has 3 heterocycles. The van der Waals surface area contributed by atoms with Crippen molar-refractivity contribution in [2.24, 2.45) is 0 Å². The molecule has 7 nitrogen and oxygen atoms in total. The van der Waals surface area contributed by atoms with E-state index in [4.69, 9.17) is 0 Å². The quantitative estimate of drug-likeness (QED) is 0.836. The summed E-state index contributed by atoms with van der Waals surface area (Å²) in [6.07, 6.45) is 0.596. The van der Waals surface area contributed by atoms with Crippen LogP contribution in [-0.2, 0) is 4.79 Å². The van der Waals surface area contributed by atoms with Gasteiger partial charge in [-0.25, -0.2) is 9.78 Å². The third kappa shape index (κ3) is 2.38. The predicted octanol–water partition coefficient (Wildman–Crippen LogP) is 1.00. The lowest BCUT2D eigenvalue weighted by atomic mass is 10.2. The highest BCUT2D eigenvalue weighted by Gasteiger charge is 2.39. The first-order valence-corrected chi connectivity index (χ1v) is 7.88. The molecule has 1 unspecified atom stereocenters. The summed E-state index contributed by atoms with van der Waals surface area (Å²) in [4.78, 5) is 43.5. The zero-order valence-corrected chi connectivity index (χ0v) is 12.9. The van der Waals surface area contributed by atoms with Gasteiger partial charge in [0, 0.05) is 18.5 Å². The lowest BCUT2D eigenvalue weighted by molar-refractivity contribution is -0.126. The van der Waals surface area contributed by atoms with Crippen LogP contribution in [0.2, 0.25) is 0 Å². The van der Waals surface area contributed by atoms with Gasteiger partial charge in [0.25, 0.3) is 5.91 Å². The average Bonchev–Trinajstić information content (AvgIpc) is 3.20. The molecule has 2 saturated heterocycles. The van der Waals surface area contributed by atoms with Crippen LogP contribution in [0.4, 0.5) is 4.79 Å². The van der Waals surface area contributed by atoms with Crippen LogP contribution in [0.25, 0.3) is 10.9 Å². The number of imide groups is 1. The van der Waals surface area contributed by atoms with Crippen LogP contribution < -0.4 is 5.32 Å². The number of hydrogen-bond acceptors (Lipinski definition) is 4. The smallest absolute Gasteiger partial charge is 0.324 e. The zero-order chi connectivity index (χ0) is 16.7. The van der Waals surface area contributed by atoms with E-state index < -0.39 is 0 Å². The van der Waals surface area contributed by atoms with Crippen LogP contribution in [0.5, 0.6) is 0 Å². The lowest BCUT2D eigenvalue weighted by Gasteiger charge is -2.21. The summed E-state index contributed by atoms with van der Waals surface area (Å²) in [5, 5.41) is 3.49. The van der Waals surface area contributed by atoms with E-state index in [1.165, 1.54) is 4.90 Å². The van der Waals surface area contributed by atoms with E-state index in [-0.39, 0.29) is 30.4 Å². The number of para-hydroxylation sites is 1. The molecule has 4 amide bonds. The van der Waals surface area contributed by atoms with Crippen LogP contribution in [0.15, 0.2) is 36.4 Å². The van der Waals surface area contributed by atoms with Crippen molar-refractivity contribution in [2.75, 3.05) is 19.6 Å². The Morgan fingerprint density at radius 1 is 1.17 bits per heavy atom. The summed E-state index contributed by atoms with van der Waals surface area (Å²) < 4.78 is 0. The van der Waals surface area contributed by atoms with Crippen molar-refractivity contribution < 1.29 is 14.4 Å². The van der Waals surface area contributed by atoms with Gasteiger partial charge in [0.1, 0.15) is 5.69 Å². The van der Waals surface area contributed by atoms with Crippen molar-refractivity contribution in [3.05, 3.63) is 42.1 Å². The van der Waals surface area contributed by atoms with E-state index in [1.54, 1.807) is 11.0 Å². The molecule has 2 fully saturated rings. The molecule has 1 aromatic heterocycles. The molecule has 1 atom stereocenters. The Balaban J connectivity index is 1.52. The second-order valence-electron chi connectivity index (χ2n) is 6.01. The third-order valence-corrected chi connectivity index (χ3v) is 4.51. The highest BCUT2D eigenvalue weighted by molar-refractivity contribution is 6.02. The first-order chi connectivity index (χ1) is 11.6. The molecule has 2 aliphatic rings. The normalized spacial score (nSPS) is 20.8. The maximum Gasteiger partial charge on any atom is 0.324 e. The average molecular weight is 324 g/mol. The molecule has 1 aromatic carbocycles. The molecule has 1 N–H and O–H groups in total. The van der Waals surface area contributed by atoms with E-state index in [9.17, 15) is 14.4 Å². The number of amides is 4. The van der Waals surface area contributed by atoms with E-state index in [0.717, 1.165) is 10.9 Å². The maximum absolute atomic E-state index is 12.7. The number of nitrogens with zero attached hydrogens (tertiary/aromatic N) is 3. The fourth-order valence-electron chi connectivity index (χ4n) is 3.29. The van der Waals surface area contributed by atoms with Gasteiger partial charge in [-0.1, -0.05) is 24.3 Å². The standard InChI is InChI=1S/C17H16N4O3/c22-15-9-18-17(24)21(15)12-7-8-20(10-12)16(23)14-6-5-11-3-1-2-4-13(11)19-14/h1-6,12H,7-10H2,(H,18,24). The van der Waals surface area contributed by atoms with Crippen LogP contribution in [0.1, 0.15) is 16.9 Å². The van der Waals surface area contributed by atoms with Crippen molar-refractivity contribution in [3.63, 3.8) is 0 Å². The molecule has 4 rings (SSSR count). The van der Waals surface area contributed by atoms with Crippen LogP contribution in [0.3, 0.4) is 0 Å². The summed E-state index contributed by atoms with van der Waals surface area (Å²) in [6.45, 7) is 0.900. The second-order valence-corrected chi connectivity index (χ2v) is 6.01. The number of urea groups is 1. The Morgan fingerprint density at radius 2 is 2.00 bits per heavy atom. The summed E-state index contributed by atoms with van der Waals surface area (Å²) in [5.41, 5.74) is 1.15. The van der Waals surface area contributed by atoms with Gasteiger partial charge in [-0.15, -0.1) is 0 Å². The van der Waals surface area contributed by atoms with Gasteiger partial charge in [0.2, 0.25) is 5.91 Å². The fourth-order valence-corrected chi connectivity index (χ4v) is 3.29. The van der Waals surface area contributed by atoms with E-state index in [2.05, 4.69) is 10.3 Å². The number of rotatable bonds is 2. The molecule has 2 aliphatic heterocycles. The summed E-state index contributed by atoms with van der Waals surface area (Å²) in [5.74, 6) is -0.404. The number of carbonyl (C=O) groups excluding carboxylic acids is 3. The van der Waals surface area contributed by atoms with Crippen molar-refractivity contribution in [2.45, 2.75) is 12.5 Å². The molecule has 0 spiro atoms. The topological polar surface area (TPSA) is 82.6 Å². The van der Waals surface area contributed by atoms with Gasteiger partial charge in [0.15, 0.2) is 0 Å². The highest BCUT2D eigenvalue weighted by Crippen LogP contribution is 2.20. The number of pyridine rings is 1. The van der Waals surface area contributed by atoms with Crippen LogP contribution >= 0.6 is 0 Å². The molecule has 0 aliphatic carbocycles. The Kier molecular flexibility index (Phi) is 3.41. The van der Waals surface area contributed by atoms with Gasteiger partial charge in [0.05, 0.1) is 18.1 Å². The first kappa shape index (κ1) is 14.6. The molecule has 0 radical (unpaired) electrons. The minimum absolute atomic E-state index is 0.0372. The number of nitrogens with one attached hydrogen (secondary N) is 1. The maximum atomic E-state index is 12.7. The Hall–Kier alpha value is -2.96. The van der Waals surface area contributed by atoms with E-state index >= 15 is 0 Å². The minimum Gasteiger partial charge on any atom is -0.335 e. The van der Waals surface area contributed by atoms with Crippen molar-refractivity contribution in [3.8, 4) is 0 Å². The summed E-state index contributed by atoms with van der Waals surface area (Å²) in [7, 11) is 0. The molecule has 2 aromatic rings. The van der Waals surface area contributed by atoms with E-state index in [1.807, 2.05) is 30.3 Å². The molecule has 0 bridgehead atoms. The van der Waals surface area contributed by atoms with Gasteiger partial charge >= 0.3 is 6.03 Å². The van der Waals surface area contributed by atoms with Crippen molar-refractivity contribution in [1.29, 1.82) is 0 Å². The lowest BCUT2D eigenvalue weighted by Crippen LogP contribution is -2.43. The fraction of sp³-hybridized carbons (Fsp3) is 0.294. The summed E-state index contributed by atoms with van der Waals surface area (Å²) in [6, 6.07) is 10.6. The molecular weight excluding hydrogens is 308 g/mol. The number of hydrogen-bond donors (Lipinski definition) is 1. The third-order valence-electron chi connectivity index (χ3n) is 4.51. The monoisotopic (exact) mass is 324 g/mol. The van der Waals surface area contributed by atoms with Gasteiger partial charge < -0.3 is 10.2 Å². The van der Waals surface area contributed by atoms with Crippen LogP contribution in [-0.4, -0.2) is 58.3 Å². The minimum atomic E-state index is -0.372. The first-order valence-electron chi connectivity index (χ1n) is 7.88.